The van der Waals surface area contributed by atoms with Crippen molar-refractivity contribution >= 4 is 22.5 Å². The zero-order valence-corrected chi connectivity index (χ0v) is 14.1. The molecular formula is C17H13F3N4O4. The standard InChI is InChI=1S/C17H13F3N4O4/c18-17(19,20)9-28-14-6-10(4-5-21-14)8-22-16(25)12-7-11-2-1-3-13(24(26)27)15(11)23-12/h1-7,23H,8-9H2,(H,22,25). The number of aromatic amines is 1. The van der Waals surface area contributed by atoms with Gasteiger partial charge in [0.15, 0.2) is 6.61 Å². The molecule has 0 radical (unpaired) electrons. The maximum Gasteiger partial charge on any atom is 0.422 e. The number of nitrogens with zero attached hydrogens (tertiary/aromatic N) is 2. The third-order valence-electron chi connectivity index (χ3n) is 3.71. The fourth-order valence-corrected chi connectivity index (χ4v) is 2.49. The monoisotopic (exact) mass is 394 g/mol. The minimum atomic E-state index is -4.48. The summed E-state index contributed by atoms with van der Waals surface area (Å²) >= 11 is 0. The third-order valence-corrected chi connectivity index (χ3v) is 3.71. The molecule has 0 fully saturated rings. The maximum absolute atomic E-state index is 12.3. The quantitative estimate of drug-likeness (QED) is 0.492. The van der Waals surface area contributed by atoms with Gasteiger partial charge in [0, 0.05) is 30.3 Å². The second kappa shape index (κ2) is 7.55. The highest BCUT2D eigenvalue weighted by Crippen LogP contribution is 2.25. The number of pyridine rings is 1. The van der Waals surface area contributed by atoms with E-state index >= 15 is 0 Å². The fourth-order valence-electron chi connectivity index (χ4n) is 2.49. The van der Waals surface area contributed by atoms with E-state index in [4.69, 9.17) is 0 Å². The van der Waals surface area contributed by atoms with Crippen molar-refractivity contribution in [2.24, 2.45) is 0 Å². The van der Waals surface area contributed by atoms with Gasteiger partial charge in [0.2, 0.25) is 5.88 Å². The first-order chi connectivity index (χ1) is 13.2. The van der Waals surface area contributed by atoms with Crippen molar-refractivity contribution in [2.75, 3.05) is 6.61 Å². The number of para-hydroxylation sites is 1. The van der Waals surface area contributed by atoms with Crippen LogP contribution in [0, 0.1) is 10.1 Å². The average Bonchev–Trinajstić information content (AvgIpc) is 3.08. The van der Waals surface area contributed by atoms with Crippen LogP contribution < -0.4 is 10.1 Å². The number of amides is 1. The molecule has 2 heterocycles. The third kappa shape index (κ3) is 4.55. The van der Waals surface area contributed by atoms with Crippen LogP contribution in [0.2, 0.25) is 0 Å². The Morgan fingerprint density at radius 2 is 2.07 bits per heavy atom. The summed E-state index contributed by atoms with van der Waals surface area (Å²) in [5, 5.41) is 14.1. The van der Waals surface area contributed by atoms with Crippen molar-refractivity contribution in [2.45, 2.75) is 12.7 Å². The minimum Gasteiger partial charge on any atom is -0.468 e. The average molecular weight is 394 g/mol. The lowest BCUT2D eigenvalue weighted by Gasteiger charge is -2.09. The summed E-state index contributed by atoms with van der Waals surface area (Å²) < 4.78 is 41.1. The van der Waals surface area contributed by atoms with Crippen LogP contribution in [-0.2, 0) is 6.54 Å². The molecule has 0 unspecified atom stereocenters. The van der Waals surface area contributed by atoms with Crippen LogP contribution in [0.5, 0.6) is 5.88 Å². The molecule has 0 saturated carbocycles. The van der Waals surface area contributed by atoms with E-state index in [9.17, 15) is 28.1 Å². The van der Waals surface area contributed by atoms with Gasteiger partial charge >= 0.3 is 6.18 Å². The summed E-state index contributed by atoms with van der Waals surface area (Å²) in [6.07, 6.45) is -3.22. The first-order valence-electron chi connectivity index (χ1n) is 7.92. The second-order valence-corrected chi connectivity index (χ2v) is 5.77. The molecule has 146 valence electrons. The lowest BCUT2D eigenvalue weighted by atomic mass is 10.2. The number of halogens is 3. The Hall–Kier alpha value is -3.63. The number of benzene rings is 1. The highest BCUT2D eigenvalue weighted by molar-refractivity contribution is 6.00. The van der Waals surface area contributed by atoms with Gasteiger partial charge in [-0.3, -0.25) is 14.9 Å². The minimum absolute atomic E-state index is 0.00118. The number of carbonyl (C=O) groups excluding carboxylic acids is 1. The predicted molar refractivity (Wildman–Crippen MR) is 91.9 cm³/mol. The Balaban J connectivity index is 1.68. The molecule has 3 aromatic rings. The van der Waals surface area contributed by atoms with Gasteiger partial charge in [-0.1, -0.05) is 12.1 Å². The summed E-state index contributed by atoms with van der Waals surface area (Å²) in [5.74, 6) is -0.745. The molecule has 0 saturated heterocycles. The summed E-state index contributed by atoms with van der Waals surface area (Å²) in [6.45, 7) is -1.47. The number of aromatic nitrogens is 2. The van der Waals surface area contributed by atoms with Gasteiger partial charge in [-0.15, -0.1) is 0 Å². The van der Waals surface area contributed by atoms with Gasteiger partial charge in [-0.2, -0.15) is 13.2 Å². The van der Waals surface area contributed by atoms with Crippen molar-refractivity contribution in [3.05, 3.63) is 64.0 Å². The zero-order chi connectivity index (χ0) is 20.3. The van der Waals surface area contributed by atoms with Crippen LogP contribution in [0.15, 0.2) is 42.6 Å². The molecule has 1 amide bonds. The molecule has 11 heteroatoms. The zero-order valence-electron chi connectivity index (χ0n) is 14.1. The van der Waals surface area contributed by atoms with E-state index < -0.39 is 23.6 Å². The van der Waals surface area contributed by atoms with Crippen molar-refractivity contribution < 1.29 is 27.6 Å². The summed E-state index contributed by atoms with van der Waals surface area (Å²) in [6, 6.07) is 8.72. The second-order valence-electron chi connectivity index (χ2n) is 5.77. The Labute approximate surface area is 155 Å². The number of nitrogens with one attached hydrogen (secondary N) is 2. The molecule has 0 bridgehead atoms. The molecule has 0 spiro atoms. The Kier molecular flexibility index (Phi) is 5.16. The number of rotatable bonds is 6. The lowest BCUT2D eigenvalue weighted by Crippen LogP contribution is -2.23. The van der Waals surface area contributed by atoms with Crippen LogP contribution in [0.25, 0.3) is 10.9 Å². The summed E-state index contributed by atoms with van der Waals surface area (Å²) in [4.78, 5) is 29.2. The fraction of sp³-hybridized carbons (Fsp3) is 0.176. The van der Waals surface area contributed by atoms with Crippen molar-refractivity contribution in [3.63, 3.8) is 0 Å². The van der Waals surface area contributed by atoms with Crippen LogP contribution in [0.4, 0.5) is 18.9 Å². The van der Waals surface area contributed by atoms with Crippen molar-refractivity contribution in [1.82, 2.24) is 15.3 Å². The molecule has 8 nitrogen and oxygen atoms in total. The van der Waals surface area contributed by atoms with Gasteiger partial charge in [-0.25, -0.2) is 4.98 Å². The number of non-ortho nitro benzene ring substituents is 1. The van der Waals surface area contributed by atoms with Gasteiger partial charge < -0.3 is 15.0 Å². The van der Waals surface area contributed by atoms with E-state index in [1.54, 1.807) is 6.07 Å². The van der Waals surface area contributed by atoms with Gasteiger partial charge in [0.1, 0.15) is 11.2 Å². The molecular weight excluding hydrogens is 381 g/mol. The molecule has 2 N–H and O–H groups in total. The van der Waals surface area contributed by atoms with Gasteiger partial charge in [0.25, 0.3) is 11.6 Å². The number of carbonyl (C=O) groups is 1. The first kappa shape index (κ1) is 19.1. The molecule has 3 rings (SSSR count). The predicted octanol–water partition coefficient (Wildman–Crippen LogP) is 3.34. The molecule has 0 aliphatic heterocycles. The number of H-pyrrole nitrogens is 1. The molecule has 2 aromatic heterocycles. The number of alkyl halides is 3. The number of hydrogen-bond acceptors (Lipinski definition) is 5. The largest absolute Gasteiger partial charge is 0.468 e. The number of hydrogen-bond donors (Lipinski definition) is 2. The van der Waals surface area contributed by atoms with Crippen LogP contribution in [0.3, 0.4) is 0 Å². The number of nitro benzene ring substituents is 1. The molecule has 0 aliphatic rings. The number of fused-ring (bicyclic) bond motifs is 1. The highest BCUT2D eigenvalue weighted by atomic mass is 19.4. The number of nitro groups is 1. The highest BCUT2D eigenvalue weighted by Gasteiger charge is 2.28. The summed E-state index contributed by atoms with van der Waals surface area (Å²) in [7, 11) is 0. The normalized spacial score (nSPS) is 11.4. The Morgan fingerprint density at radius 1 is 1.29 bits per heavy atom. The van der Waals surface area contributed by atoms with E-state index in [0.717, 1.165) is 0 Å². The molecule has 0 atom stereocenters. The van der Waals surface area contributed by atoms with E-state index in [2.05, 4.69) is 20.0 Å². The van der Waals surface area contributed by atoms with Crippen LogP contribution in [-0.4, -0.2) is 33.6 Å². The molecule has 28 heavy (non-hydrogen) atoms. The Morgan fingerprint density at radius 3 is 2.79 bits per heavy atom. The molecule has 1 aromatic carbocycles. The number of ether oxygens (including phenoxy) is 1. The SMILES string of the molecule is O=C(NCc1ccnc(OCC(F)(F)F)c1)c1cc2cccc([N+](=O)[O-])c2[nH]1. The topological polar surface area (TPSA) is 110 Å². The van der Waals surface area contributed by atoms with Crippen LogP contribution >= 0.6 is 0 Å². The summed E-state index contributed by atoms with van der Waals surface area (Å²) in [5.41, 5.74) is 0.663. The van der Waals surface area contributed by atoms with E-state index in [1.165, 1.54) is 36.5 Å². The van der Waals surface area contributed by atoms with E-state index in [-0.39, 0.29) is 29.3 Å². The van der Waals surface area contributed by atoms with E-state index in [0.29, 0.717) is 10.9 Å². The smallest absolute Gasteiger partial charge is 0.422 e. The Bertz CT molecular complexity index is 1030. The van der Waals surface area contributed by atoms with E-state index in [1.807, 2.05) is 0 Å². The van der Waals surface area contributed by atoms with Gasteiger partial charge in [0.05, 0.1) is 4.92 Å². The van der Waals surface area contributed by atoms with Crippen molar-refractivity contribution in [3.8, 4) is 5.88 Å². The maximum atomic E-state index is 12.3. The molecule has 0 aliphatic carbocycles. The van der Waals surface area contributed by atoms with Gasteiger partial charge in [-0.05, 0) is 17.7 Å². The lowest BCUT2D eigenvalue weighted by molar-refractivity contribution is -0.383. The van der Waals surface area contributed by atoms with Crippen LogP contribution in [0.1, 0.15) is 16.1 Å². The van der Waals surface area contributed by atoms with Crippen molar-refractivity contribution in [1.29, 1.82) is 0 Å². The first-order valence-corrected chi connectivity index (χ1v) is 7.92.